The second kappa shape index (κ2) is 6.69. The molecule has 3 fully saturated rings. The summed E-state index contributed by atoms with van der Waals surface area (Å²) >= 11 is 0. The van der Waals surface area contributed by atoms with Gasteiger partial charge < -0.3 is 15.0 Å². The normalized spacial score (nSPS) is 27.4. The lowest BCUT2D eigenvalue weighted by Crippen LogP contribution is -2.48. The van der Waals surface area contributed by atoms with Gasteiger partial charge in [-0.1, -0.05) is 0 Å². The van der Waals surface area contributed by atoms with Crippen LogP contribution >= 0.6 is 0 Å². The van der Waals surface area contributed by atoms with Crippen LogP contribution in [0.15, 0.2) is 24.5 Å². The van der Waals surface area contributed by atoms with E-state index in [0.717, 1.165) is 65.1 Å². The molecule has 1 unspecified atom stereocenters. The number of rotatable bonds is 3. The second-order valence-corrected chi connectivity index (χ2v) is 7.26. The predicted octanol–water partition coefficient (Wildman–Crippen LogP) is 0.889. The Labute approximate surface area is 143 Å². The number of esters is 1. The monoisotopic (exact) mass is 330 g/mol. The largest absolute Gasteiger partial charge is 0.461 e. The summed E-state index contributed by atoms with van der Waals surface area (Å²) in [6.07, 6.45) is 6.56. The van der Waals surface area contributed by atoms with Crippen LogP contribution in [0.2, 0.25) is 0 Å². The van der Waals surface area contributed by atoms with Gasteiger partial charge in [0.05, 0.1) is 17.3 Å². The molecule has 0 aliphatic carbocycles. The number of piperazine rings is 1. The van der Waals surface area contributed by atoms with Crippen LogP contribution in [0, 0.1) is 5.41 Å². The Morgan fingerprint density at radius 3 is 2.75 bits per heavy atom. The molecule has 3 aliphatic heterocycles. The SMILES string of the molecule is O=C1OC(CN2CCN(c3cccnc3)CC2)CC12CCNCC2. The zero-order chi connectivity index (χ0) is 16.4. The van der Waals surface area contributed by atoms with E-state index < -0.39 is 0 Å². The Morgan fingerprint density at radius 1 is 1.25 bits per heavy atom. The molecule has 24 heavy (non-hydrogen) atoms. The molecule has 0 saturated carbocycles. The van der Waals surface area contributed by atoms with Crippen LogP contribution in [0.3, 0.4) is 0 Å². The van der Waals surface area contributed by atoms with Crippen molar-refractivity contribution >= 4 is 11.7 Å². The Hall–Kier alpha value is -1.66. The molecule has 0 bridgehead atoms. The molecule has 1 aromatic heterocycles. The number of ether oxygens (including phenoxy) is 1. The molecule has 0 aromatic carbocycles. The van der Waals surface area contributed by atoms with Crippen molar-refractivity contribution < 1.29 is 9.53 Å². The summed E-state index contributed by atoms with van der Waals surface area (Å²) in [5.41, 5.74) is 0.992. The summed E-state index contributed by atoms with van der Waals surface area (Å²) in [4.78, 5) is 21.4. The minimum atomic E-state index is -0.201. The maximum absolute atomic E-state index is 12.4. The average molecular weight is 330 g/mol. The Kier molecular flexibility index (Phi) is 4.41. The summed E-state index contributed by atoms with van der Waals surface area (Å²) in [7, 11) is 0. The Balaban J connectivity index is 1.29. The van der Waals surface area contributed by atoms with Gasteiger partial charge in [0.1, 0.15) is 6.10 Å². The quantitative estimate of drug-likeness (QED) is 0.831. The Morgan fingerprint density at radius 2 is 2.04 bits per heavy atom. The first kappa shape index (κ1) is 15.8. The zero-order valence-electron chi connectivity index (χ0n) is 14.1. The number of hydrogen-bond acceptors (Lipinski definition) is 6. The van der Waals surface area contributed by atoms with Gasteiger partial charge in [0.15, 0.2) is 0 Å². The third-order valence-electron chi connectivity index (χ3n) is 5.73. The fraction of sp³-hybridized carbons (Fsp3) is 0.667. The van der Waals surface area contributed by atoms with Crippen molar-refractivity contribution in [1.29, 1.82) is 0 Å². The number of hydrogen-bond donors (Lipinski definition) is 1. The van der Waals surface area contributed by atoms with Crippen molar-refractivity contribution in [1.82, 2.24) is 15.2 Å². The van der Waals surface area contributed by atoms with E-state index in [9.17, 15) is 4.79 Å². The van der Waals surface area contributed by atoms with Gasteiger partial charge in [-0.25, -0.2) is 0 Å². The van der Waals surface area contributed by atoms with Crippen LogP contribution in [0.4, 0.5) is 5.69 Å². The first-order valence-corrected chi connectivity index (χ1v) is 9.04. The van der Waals surface area contributed by atoms with Crippen molar-refractivity contribution in [2.24, 2.45) is 5.41 Å². The average Bonchev–Trinajstić information content (AvgIpc) is 2.92. The van der Waals surface area contributed by atoms with Gasteiger partial charge in [-0.05, 0) is 38.1 Å². The third-order valence-corrected chi connectivity index (χ3v) is 5.73. The molecule has 0 amide bonds. The topological polar surface area (TPSA) is 57.7 Å². The van der Waals surface area contributed by atoms with E-state index in [1.54, 1.807) is 0 Å². The van der Waals surface area contributed by atoms with Crippen LogP contribution < -0.4 is 10.2 Å². The molecule has 4 heterocycles. The summed E-state index contributed by atoms with van der Waals surface area (Å²) in [6, 6.07) is 4.10. The summed E-state index contributed by atoms with van der Waals surface area (Å²) < 4.78 is 5.74. The highest BCUT2D eigenvalue weighted by Gasteiger charge is 2.49. The van der Waals surface area contributed by atoms with Gasteiger partial charge in [0, 0.05) is 45.3 Å². The van der Waals surface area contributed by atoms with Gasteiger partial charge in [-0.3, -0.25) is 14.7 Å². The number of nitrogens with one attached hydrogen (secondary N) is 1. The fourth-order valence-electron chi connectivity index (χ4n) is 4.27. The number of anilines is 1. The lowest BCUT2D eigenvalue weighted by atomic mass is 9.76. The maximum atomic E-state index is 12.4. The molecule has 0 radical (unpaired) electrons. The van der Waals surface area contributed by atoms with E-state index in [2.05, 4.69) is 26.2 Å². The highest BCUT2D eigenvalue weighted by molar-refractivity contribution is 5.79. The zero-order valence-corrected chi connectivity index (χ0v) is 14.1. The fourth-order valence-corrected chi connectivity index (χ4v) is 4.27. The number of carbonyl (C=O) groups excluding carboxylic acids is 1. The number of piperidine rings is 1. The number of aromatic nitrogens is 1. The van der Waals surface area contributed by atoms with E-state index in [4.69, 9.17) is 4.74 Å². The van der Waals surface area contributed by atoms with Gasteiger partial charge in [-0.15, -0.1) is 0 Å². The van der Waals surface area contributed by atoms with E-state index in [1.807, 2.05) is 18.5 Å². The van der Waals surface area contributed by atoms with Crippen LogP contribution in [0.1, 0.15) is 19.3 Å². The highest BCUT2D eigenvalue weighted by Crippen LogP contribution is 2.41. The molecular weight excluding hydrogens is 304 g/mol. The molecule has 6 nitrogen and oxygen atoms in total. The summed E-state index contributed by atoms with van der Waals surface area (Å²) in [5, 5.41) is 3.34. The summed E-state index contributed by atoms with van der Waals surface area (Å²) in [5.74, 6) is 0.0444. The molecule has 1 atom stereocenters. The molecule has 1 N–H and O–H groups in total. The first-order valence-electron chi connectivity index (χ1n) is 9.04. The standard InChI is InChI=1S/C18H26N4O2/c23-17-18(3-6-19-7-4-18)12-16(24-17)14-21-8-10-22(11-9-21)15-2-1-5-20-13-15/h1-2,5,13,16,19H,3-4,6-12,14H2. The van der Waals surface area contributed by atoms with Crippen molar-refractivity contribution in [3.8, 4) is 0 Å². The van der Waals surface area contributed by atoms with Crippen LogP contribution in [-0.2, 0) is 9.53 Å². The van der Waals surface area contributed by atoms with E-state index >= 15 is 0 Å². The van der Waals surface area contributed by atoms with Crippen molar-refractivity contribution in [3.63, 3.8) is 0 Å². The van der Waals surface area contributed by atoms with Crippen LogP contribution in [0.5, 0.6) is 0 Å². The molecule has 130 valence electrons. The first-order chi connectivity index (χ1) is 11.8. The molecular formula is C18H26N4O2. The van der Waals surface area contributed by atoms with Crippen molar-refractivity contribution in [2.45, 2.75) is 25.4 Å². The van der Waals surface area contributed by atoms with Crippen LogP contribution in [-0.4, -0.2) is 67.8 Å². The molecule has 6 heteroatoms. The van der Waals surface area contributed by atoms with Crippen LogP contribution in [0.25, 0.3) is 0 Å². The summed E-state index contributed by atoms with van der Waals surface area (Å²) in [6.45, 7) is 6.77. The number of cyclic esters (lactones) is 1. The molecule has 4 rings (SSSR count). The lowest BCUT2D eigenvalue weighted by molar-refractivity contribution is -0.150. The van der Waals surface area contributed by atoms with E-state index in [1.165, 1.54) is 5.69 Å². The number of nitrogens with zero attached hydrogens (tertiary/aromatic N) is 3. The van der Waals surface area contributed by atoms with Gasteiger partial charge >= 0.3 is 5.97 Å². The second-order valence-electron chi connectivity index (χ2n) is 7.26. The molecule has 3 aliphatic rings. The molecule has 1 spiro atoms. The van der Waals surface area contributed by atoms with E-state index in [0.29, 0.717) is 0 Å². The van der Waals surface area contributed by atoms with Crippen molar-refractivity contribution in [2.75, 3.05) is 50.7 Å². The molecule has 3 saturated heterocycles. The Bertz CT molecular complexity index is 566. The maximum Gasteiger partial charge on any atom is 0.312 e. The van der Waals surface area contributed by atoms with Crippen molar-refractivity contribution in [3.05, 3.63) is 24.5 Å². The third kappa shape index (κ3) is 3.13. The number of carbonyl (C=O) groups is 1. The minimum absolute atomic E-state index is 0.0444. The van der Waals surface area contributed by atoms with Gasteiger partial charge in [0.25, 0.3) is 0 Å². The van der Waals surface area contributed by atoms with E-state index in [-0.39, 0.29) is 17.5 Å². The number of pyridine rings is 1. The molecule has 1 aromatic rings. The smallest absolute Gasteiger partial charge is 0.312 e. The minimum Gasteiger partial charge on any atom is -0.461 e. The predicted molar refractivity (Wildman–Crippen MR) is 91.9 cm³/mol. The highest BCUT2D eigenvalue weighted by atomic mass is 16.6. The van der Waals surface area contributed by atoms with Gasteiger partial charge in [-0.2, -0.15) is 0 Å². The van der Waals surface area contributed by atoms with Gasteiger partial charge in [0.2, 0.25) is 0 Å². The lowest BCUT2D eigenvalue weighted by Gasteiger charge is -2.36.